The van der Waals surface area contributed by atoms with Gasteiger partial charge in [-0.05, 0) is 18.2 Å². The van der Waals surface area contributed by atoms with Gasteiger partial charge in [-0.2, -0.15) is 4.31 Å². The third kappa shape index (κ3) is 3.34. The van der Waals surface area contributed by atoms with Gasteiger partial charge in [0, 0.05) is 11.6 Å². The van der Waals surface area contributed by atoms with Crippen molar-refractivity contribution < 1.29 is 13.6 Å². The maximum atomic E-state index is 12.2. The highest BCUT2D eigenvalue weighted by atomic mass is 35.5. The minimum atomic E-state index is -3.70. The molecule has 0 saturated heterocycles. The molecule has 0 aliphatic carbocycles. The van der Waals surface area contributed by atoms with E-state index in [0.717, 1.165) is 4.31 Å². The molecule has 0 saturated carbocycles. The van der Waals surface area contributed by atoms with Crippen LogP contribution < -0.4 is 5.73 Å². The minimum Gasteiger partial charge on any atom is -0.409 e. The fraction of sp³-hybridized carbons (Fsp3) is 0.300. The molecule has 0 bridgehead atoms. The van der Waals surface area contributed by atoms with Crippen LogP contribution in [0.15, 0.2) is 34.3 Å². The van der Waals surface area contributed by atoms with E-state index in [2.05, 4.69) is 5.16 Å². The maximum absolute atomic E-state index is 12.2. The predicted octanol–water partition coefficient (Wildman–Crippen LogP) is 1.10. The summed E-state index contributed by atoms with van der Waals surface area (Å²) in [6, 6.07) is 5.93. The fourth-order valence-electron chi connectivity index (χ4n) is 1.36. The van der Waals surface area contributed by atoms with E-state index < -0.39 is 10.0 Å². The van der Waals surface area contributed by atoms with E-state index in [1.807, 2.05) is 0 Å². The van der Waals surface area contributed by atoms with Crippen molar-refractivity contribution in [2.45, 2.75) is 11.8 Å². The Hall–Kier alpha value is -1.31. The molecule has 0 aliphatic heterocycles. The van der Waals surface area contributed by atoms with Crippen LogP contribution in [-0.2, 0) is 10.0 Å². The molecule has 100 valence electrons. The van der Waals surface area contributed by atoms with Crippen LogP contribution >= 0.6 is 11.6 Å². The molecule has 0 heterocycles. The summed E-state index contributed by atoms with van der Waals surface area (Å²) >= 11 is 5.76. The number of halogens is 1. The monoisotopic (exact) mass is 291 g/mol. The van der Waals surface area contributed by atoms with E-state index in [-0.39, 0.29) is 23.8 Å². The van der Waals surface area contributed by atoms with Crippen LogP contribution in [0.1, 0.15) is 6.92 Å². The molecule has 0 fully saturated rings. The van der Waals surface area contributed by atoms with Crippen molar-refractivity contribution >= 4 is 27.5 Å². The zero-order chi connectivity index (χ0) is 13.8. The summed E-state index contributed by atoms with van der Waals surface area (Å²) in [5.74, 6) is -0.178. The average molecular weight is 292 g/mol. The van der Waals surface area contributed by atoms with Crippen LogP contribution in [0.2, 0.25) is 5.02 Å². The average Bonchev–Trinajstić information content (AvgIpc) is 2.35. The van der Waals surface area contributed by atoms with E-state index in [0.29, 0.717) is 5.02 Å². The summed E-state index contributed by atoms with van der Waals surface area (Å²) in [6.45, 7) is 1.68. The second kappa shape index (κ2) is 6.03. The fourth-order valence-corrected chi connectivity index (χ4v) is 3.08. The highest BCUT2D eigenvalue weighted by molar-refractivity contribution is 7.89. The minimum absolute atomic E-state index is 0.0718. The first kappa shape index (κ1) is 14.7. The summed E-state index contributed by atoms with van der Waals surface area (Å²) in [4.78, 5) is 0.0718. The molecule has 1 rings (SSSR count). The highest BCUT2D eigenvalue weighted by Gasteiger charge is 2.24. The van der Waals surface area contributed by atoms with Gasteiger partial charge >= 0.3 is 0 Å². The van der Waals surface area contributed by atoms with E-state index in [1.165, 1.54) is 12.1 Å². The van der Waals surface area contributed by atoms with Gasteiger partial charge in [0.15, 0.2) is 5.84 Å². The van der Waals surface area contributed by atoms with Crippen LogP contribution in [0.25, 0.3) is 0 Å². The van der Waals surface area contributed by atoms with Gasteiger partial charge in [0.05, 0.1) is 11.4 Å². The largest absolute Gasteiger partial charge is 0.409 e. The molecular formula is C10H14ClN3O3S. The van der Waals surface area contributed by atoms with Gasteiger partial charge in [0.25, 0.3) is 0 Å². The zero-order valence-corrected chi connectivity index (χ0v) is 11.3. The predicted molar refractivity (Wildman–Crippen MR) is 69.3 cm³/mol. The van der Waals surface area contributed by atoms with Gasteiger partial charge in [-0.15, -0.1) is 0 Å². The molecule has 0 aliphatic rings. The van der Waals surface area contributed by atoms with E-state index in [4.69, 9.17) is 22.5 Å². The molecular weight excluding hydrogens is 278 g/mol. The number of hydrogen-bond donors (Lipinski definition) is 2. The topological polar surface area (TPSA) is 96.0 Å². The summed E-state index contributed by atoms with van der Waals surface area (Å²) in [5.41, 5.74) is 5.32. The highest BCUT2D eigenvalue weighted by Crippen LogP contribution is 2.19. The Bertz CT molecular complexity index is 545. The Kier molecular flexibility index (Phi) is 4.94. The van der Waals surface area contributed by atoms with Crippen LogP contribution in [0.5, 0.6) is 0 Å². The Labute approximate surface area is 111 Å². The smallest absolute Gasteiger partial charge is 0.243 e. The molecule has 1 aromatic carbocycles. The molecule has 8 heteroatoms. The van der Waals surface area contributed by atoms with Crippen molar-refractivity contribution in [3.63, 3.8) is 0 Å². The SMILES string of the molecule is CCN(CC(N)=NO)S(=O)(=O)c1cccc(Cl)c1. The second-order valence-corrected chi connectivity index (χ2v) is 5.85. The van der Waals surface area contributed by atoms with E-state index in [9.17, 15) is 8.42 Å². The number of benzene rings is 1. The standard InChI is InChI=1S/C10H14ClN3O3S/c1-2-14(7-10(12)13-15)18(16,17)9-5-3-4-8(11)6-9/h3-6,15H,2,7H2,1H3,(H2,12,13). The number of nitrogens with two attached hydrogens (primary N) is 1. The summed E-state index contributed by atoms with van der Waals surface area (Å²) in [6.07, 6.45) is 0. The molecule has 0 amide bonds. The van der Waals surface area contributed by atoms with Crippen LogP contribution in [0, 0.1) is 0 Å². The second-order valence-electron chi connectivity index (χ2n) is 3.48. The zero-order valence-electron chi connectivity index (χ0n) is 9.75. The molecule has 18 heavy (non-hydrogen) atoms. The molecule has 1 aromatic rings. The molecule has 0 aromatic heterocycles. The van der Waals surface area contributed by atoms with E-state index >= 15 is 0 Å². The molecule has 3 N–H and O–H groups in total. The van der Waals surface area contributed by atoms with Gasteiger partial charge in [0.1, 0.15) is 0 Å². The number of sulfonamides is 1. The number of rotatable bonds is 5. The number of hydrogen-bond acceptors (Lipinski definition) is 4. The lowest BCUT2D eigenvalue weighted by Gasteiger charge is -2.19. The Morgan fingerprint density at radius 3 is 2.72 bits per heavy atom. The number of amidine groups is 1. The normalized spacial score (nSPS) is 12.9. The first-order valence-corrected chi connectivity index (χ1v) is 6.95. The molecule has 0 spiro atoms. The maximum Gasteiger partial charge on any atom is 0.243 e. The molecule has 0 radical (unpaired) electrons. The van der Waals surface area contributed by atoms with Crippen LogP contribution in [0.4, 0.5) is 0 Å². The molecule has 0 atom stereocenters. The third-order valence-electron chi connectivity index (χ3n) is 2.25. The van der Waals surface area contributed by atoms with Gasteiger partial charge < -0.3 is 10.9 Å². The number of oxime groups is 1. The van der Waals surface area contributed by atoms with Crippen LogP contribution in [-0.4, -0.2) is 36.9 Å². The van der Waals surface area contributed by atoms with Gasteiger partial charge in [0.2, 0.25) is 10.0 Å². The van der Waals surface area contributed by atoms with Gasteiger partial charge in [-0.1, -0.05) is 29.7 Å². The molecule has 0 unspecified atom stereocenters. The van der Waals surface area contributed by atoms with Crippen molar-refractivity contribution in [2.24, 2.45) is 10.9 Å². The lowest BCUT2D eigenvalue weighted by Crippen LogP contribution is -2.38. The lowest BCUT2D eigenvalue weighted by atomic mass is 10.4. The quantitative estimate of drug-likeness (QED) is 0.367. The van der Waals surface area contributed by atoms with Crippen molar-refractivity contribution in [3.05, 3.63) is 29.3 Å². The first-order valence-electron chi connectivity index (χ1n) is 5.14. The van der Waals surface area contributed by atoms with Gasteiger partial charge in [-0.25, -0.2) is 8.42 Å². The Balaban J connectivity index is 3.11. The van der Waals surface area contributed by atoms with Gasteiger partial charge in [-0.3, -0.25) is 0 Å². The Morgan fingerprint density at radius 2 is 2.22 bits per heavy atom. The van der Waals surface area contributed by atoms with Crippen molar-refractivity contribution in [1.29, 1.82) is 0 Å². The number of likely N-dealkylation sites (N-methyl/N-ethyl adjacent to an activating group) is 1. The van der Waals surface area contributed by atoms with Crippen molar-refractivity contribution in [3.8, 4) is 0 Å². The molecule has 6 nitrogen and oxygen atoms in total. The van der Waals surface area contributed by atoms with Crippen molar-refractivity contribution in [2.75, 3.05) is 13.1 Å². The third-order valence-corrected chi connectivity index (χ3v) is 4.41. The first-order chi connectivity index (χ1) is 8.41. The Morgan fingerprint density at radius 1 is 1.56 bits per heavy atom. The van der Waals surface area contributed by atoms with Crippen molar-refractivity contribution in [1.82, 2.24) is 4.31 Å². The lowest BCUT2D eigenvalue weighted by molar-refractivity contribution is 0.315. The van der Waals surface area contributed by atoms with E-state index in [1.54, 1.807) is 19.1 Å². The number of nitrogens with zero attached hydrogens (tertiary/aromatic N) is 2. The summed E-state index contributed by atoms with van der Waals surface area (Å²) < 4.78 is 25.6. The summed E-state index contributed by atoms with van der Waals surface area (Å²) in [5, 5.41) is 11.6. The summed E-state index contributed by atoms with van der Waals surface area (Å²) in [7, 11) is -3.70. The van der Waals surface area contributed by atoms with Crippen LogP contribution in [0.3, 0.4) is 0 Å².